The van der Waals surface area contributed by atoms with Crippen LogP contribution in [0.3, 0.4) is 0 Å². The normalized spacial score (nSPS) is 16.1. The second-order valence-electron chi connectivity index (χ2n) is 6.61. The lowest BCUT2D eigenvalue weighted by molar-refractivity contribution is 0.0709. The number of hydrogen-bond donors (Lipinski definition) is 1. The van der Waals surface area contributed by atoms with Crippen molar-refractivity contribution in [3.63, 3.8) is 0 Å². The summed E-state index contributed by atoms with van der Waals surface area (Å²) < 4.78 is 1.73. The van der Waals surface area contributed by atoms with E-state index >= 15 is 0 Å². The van der Waals surface area contributed by atoms with Crippen LogP contribution in [0.2, 0.25) is 0 Å². The molecule has 25 heavy (non-hydrogen) atoms. The molecule has 3 rings (SSSR count). The van der Waals surface area contributed by atoms with Gasteiger partial charge in [0.15, 0.2) is 5.65 Å². The lowest BCUT2D eigenvalue weighted by atomic mass is 10.0. The number of nitrogens with one attached hydrogen (secondary N) is 1. The van der Waals surface area contributed by atoms with Crippen LogP contribution in [0.25, 0.3) is 5.65 Å². The van der Waals surface area contributed by atoms with Gasteiger partial charge in [-0.05, 0) is 33.0 Å². The van der Waals surface area contributed by atoms with Gasteiger partial charge in [0.05, 0.1) is 6.20 Å². The van der Waals surface area contributed by atoms with Crippen molar-refractivity contribution in [2.75, 3.05) is 33.2 Å². The van der Waals surface area contributed by atoms with Gasteiger partial charge in [-0.3, -0.25) is 9.69 Å². The number of amides is 1. The van der Waals surface area contributed by atoms with Crippen LogP contribution in [-0.4, -0.2) is 69.6 Å². The standard InChI is InChI=1S/C18H28N6O/c1-4-22(5-2)12-14-10-20-17-16(11-21-24(17)13-14)18(25)23-8-6-15(19-3)7-9-23/h10-11,13,15,19H,4-9,12H2,1-3H3. The van der Waals surface area contributed by atoms with Crippen LogP contribution >= 0.6 is 0 Å². The van der Waals surface area contributed by atoms with Crippen LogP contribution in [-0.2, 0) is 6.54 Å². The van der Waals surface area contributed by atoms with Gasteiger partial charge < -0.3 is 10.2 Å². The summed E-state index contributed by atoms with van der Waals surface area (Å²) in [6.45, 7) is 8.70. The van der Waals surface area contributed by atoms with Crippen LogP contribution in [0.1, 0.15) is 42.6 Å². The van der Waals surface area contributed by atoms with Crippen LogP contribution in [0, 0.1) is 0 Å². The molecule has 0 atom stereocenters. The zero-order chi connectivity index (χ0) is 17.8. The molecule has 0 spiro atoms. The van der Waals surface area contributed by atoms with E-state index in [1.807, 2.05) is 24.3 Å². The molecule has 1 amide bonds. The Kier molecular flexibility index (Phi) is 5.65. The van der Waals surface area contributed by atoms with Gasteiger partial charge in [-0.1, -0.05) is 13.8 Å². The minimum absolute atomic E-state index is 0.0357. The molecule has 7 heteroatoms. The van der Waals surface area contributed by atoms with E-state index in [0.29, 0.717) is 17.3 Å². The Morgan fingerprint density at radius 3 is 2.64 bits per heavy atom. The summed E-state index contributed by atoms with van der Waals surface area (Å²) in [5, 5.41) is 7.65. The average Bonchev–Trinajstić information content (AvgIpc) is 3.08. The van der Waals surface area contributed by atoms with E-state index in [9.17, 15) is 4.79 Å². The second-order valence-corrected chi connectivity index (χ2v) is 6.61. The Labute approximate surface area is 149 Å². The number of likely N-dealkylation sites (tertiary alicyclic amines) is 1. The molecule has 3 heterocycles. The van der Waals surface area contributed by atoms with E-state index in [4.69, 9.17) is 0 Å². The summed E-state index contributed by atoms with van der Waals surface area (Å²) in [6, 6.07) is 0.508. The molecule has 2 aromatic heterocycles. The molecule has 0 saturated carbocycles. The van der Waals surface area contributed by atoms with Crippen molar-refractivity contribution < 1.29 is 4.79 Å². The van der Waals surface area contributed by atoms with Crippen molar-refractivity contribution in [1.29, 1.82) is 0 Å². The Morgan fingerprint density at radius 1 is 1.28 bits per heavy atom. The molecule has 0 radical (unpaired) electrons. The first kappa shape index (κ1) is 17.8. The van der Waals surface area contributed by atoms with E-state index < -0.39 is 0 Å². The van der Waals surface area contributed by atoms with Gasteiger partial charge >= 0.3 is 0 Å². The highest BCUT2D eigenvalue weighted by Crippen LogP contribution is 2.17. The van der Waals surface area contributed by atoms with Crippen LogP contribution in [0.5, 0.6) is 0 Å². The average molecular weight is 344 g/mol. The Balaban J connectivity index is 1.75. The van der Waals surface area contributed by atoms with E-state index in [-0.39, 0.29) is 5.91 Å². The maximum atomic E-state index is 12.8. The molecule has 0 aliphatic carbocycles. The predicted molar refractivity (Wildman–Crippen MR) is 97.6 cm³/mol. The van der Waals surface area contributed by atoms with Gasteiger partial charge in [-0.25, -0.2) is 9.50 Å². The van der Waals surface area contributed by atoms with Crippen LogP contribution < -0.4 is 5.32 Å². The fourth-order valence-electron chi connectivity index (χ4n) is 3.39. The van der Waals surface area contributed by atoms with Gasteiger partial charge in [0.1, 0.15) is 5.56 Å². The third-order valence-corrected chi connectivity index (χ3v) is 5.13. The quantitative estimate of drug-likeness (QED) is 0.858. The van der Waals surface area contributed by atoms with Crippen molar-refractivity contribution in [1.82, 2.24) is 29.7 Å². The maximum absolute atomic E-state index is 12.8. The Morgan fingerprint density at radius 2 is 2.00 bits per heavy atom. The van der Waals surface area contributed by atoms with Gasteiger partial charge in [0.25, 0.3) is 5.91 Å². The van der Waals surface area contributed by atoms with E-state index in [0.717, 1.165) is 51.1 Å². The molecule has 0 unspecified atom stereocenters. The third-order valence-electron chi connectivity index (χ3n) is 5.13. The Hall–Kier alpha value is -1.99. The first-order chi connectivity index (χ1) is 12.2. The minimum Gasteiger partial charge on any atom is -0.338 e. The molecule has 7 nitrogen and oxygen atoms in total. The smallest absolute Gasteiger partial charge is 0.259 e. The highest BCUT2D eigenvalue weighted by Gasteiger charge is 2.25. The van der Waals surface area contributed by atoms with Crippen molar-refractivity contribution in [3.05, 3.63) is 29.7 Å². The highest BCUT2D eigenvalue weighted by molar-refractivity contribution is 5.99. The molecule has 0 bridgehead atoms. The van der Waals surface area contributed by atoms with Crippen molar-refractivity contribution in [3.8, 4) is 0 Å². The molecule has 1 aliphatic rings. The highest BCUT2D eigenvalue weighted by atomic mass is 16.2. The lowest BCUT2D eigenvalue weighted by Crippen LogP contribution is -2.43. The number of rotatable bonds is 6. The third kappa shape index (κ3) is 3.82. The molecule has 0 aromatic carbocycles. The molecule has 1 fully saturated rings. The largest absolute Gasteiger partial charge is 0.338 e. The number of carbonyl (C=O) groups excluding carboxylic acids is 1. The van der Waals surface area contributed by atoms with E-state index in [1.54, 1.807) is 10.7 Å². The molecule has 2 aromatic rings. The van der Waals surface area contributed by atoms with Crippen molar-refractivity contribution in [2.24, 2.45) is 0 Å². The monoisotopic (exact) mass is 344 g/mol. The number of carbonyl (C=O) groups is 1. The summed E-state index contributed by atoms with van der Waals surface area (Å²) in [5.74, 6) is 0.0357. The zero-order valence-electron chi connectivity index (χ0n) is 15.4. The minimum atomic E-state index is 0.0357. The number of fused-ring (bicyclic) bond motifs is 1. The van der Waals surface area contributed by atoms with Gasteiger partial charge in [0, 0.05) is 43.6 Å². The second kappa shape index (κ2) is 7.93. The number of piperidine rings is 1. The van der Waals surface area contributed by atoms with E-state index in [2.05, 4.69) is 34.1 Å². The van der Waals surface area contributed by atoms with Crippen molar-refractivity contribution in [2.45, 2.75) is 39.3 Å². The SMILES string of the molecule is CCN(CC)Cc1cnc2c(C(=O)N3CCC(NC)CC3)cnn2c1. The molecule has 1 saturated heterocycles. The molecule has 1 N–H and O–H groups in total. The van der Waals surface area contributed by atoms with E-state index in [1.165, 1.54) is 0 Å². The van der Waals surface area contributed by atoms with Gasteiger partial charge in [0.2, 0.25) is 0 Å². The first-order valence-electron chi connectivity index (χ1n) is 9.17. The summed E-state index contributed by atoms with van der Waals surface area (Å²) in [6.07, 6.45) is 7.46. The van der Waals surface area contributed by atoms with Gasteiger partial charge in [-0.2, -0.15) is 5.10 Å². The fraction of sp³-hybridized carbons (Fsp3) is 0.611. The number of hydrogen-bond acceptors (Lipinski definition) is 5. The van der Waals surface area contributed by atoms with Crippen LogP contribution in [0.4, 0.5) is 0 Å². The predicted octanol–water partition coefficient (Wildman–Crippen LogP) is 1.40. The summed E-state index contributed by atoms with van der Waals surface area (Å²) in [5.41, 5.74) is 2.34. The molecule has 1 aliphatic heterocycles. The van der Waals surface area contributed by atoms with Crippen molar-refractivity contribution >= 4 is 11.6 Å². The molecular weight excluding hydrogens is 316 g/mol. The summed E-state index contributed by atoms with van der Waals surface area (Å²) >= 11 is 0. The number of nitrogens with zero attached hydrogens (tertiary/aromatic N) is 5. The lowest BCUT2D eigenvalue weighted by Gasteiger charge is -2.31. The first-order valence-corrected chi connectivity index (χ1v) is 9.17. The Bertz CT molecular complexity index is 715. The zero-order valence-corrected chi connectivity index (χ0v) is 15.4. The summed E-state index contributed by atoms with van der Waals surface area (Å²) in [7, 11) is 1.98. The van der Waals surface area contributed by atoms with Gasteiger partial charge in [-0.15, -0.1) is 0 Å². The molecular formula is C18H28N6O. The summed E-state index contributed by atoms with van der Waals surface area (Å²) in [4.78, 5) is 21.6. The number of aromatic nitrogens is 3. The topological polar surface area (TPSA) is 65.8 Å². The van der Waals surface area contributed by atoms with Crippen LogP contribution in [0.15, 0.2) is 18.6 Å². The fourth-order valence-corrected chi connectivity index (χ4v) is 3.39. The molecule has 136 valence electrons. The maximum Gasteiger partial charge on any atom is 0.259 e.